The maximum absolute atomic E-state index is 12.1. The molecule has 0 aromatic heterocycles. The van der Waals surface area contributed by atoms with Crippen LogP contribution in [0.1, 0.15) is 36.5 Å². The normalized spacial score (nSPS) is 17.7. The first kappa shape index (κ1) is 15.1. The third-order valence-electron chi connectivity index (χ3n) is 3.83. The zero-order valence-electron chi connectivity index (χ0n) is 11.9. The lowest BCUT2D eigenvalue weighted by atomic mass is 10.1. The van der Waals surface area contributed by atoms with Crippen LogP contribution >= 0.6 is 11.6 Å². The molecule has 1 saturated heterocycles. The van der Waals surface area contributed by atoms with Gasteiger partial charge in [-0.2, -0.15) is 0 Å². The maximum atomic E-state index is 12.1. The van der Waals surface area contributed by atoms with Gasteiger partial charge in [0.05, 0.1) is 5.56 Å². The van der Waals surface area contributed by atoms with Crippen molar-refractivity contribution in [2.24, 2.45) is 0 Å². The van der Waals surface area contributed by atoms with E-state index >= 15 is 0 Å². The van der Waals surface area contributed by atoms with E-state index in [9.17, 15) is 4.79 Å². The fourth-order valence-electron chi connectivity index (χ4n) is 2.55. The molecular formula is C15H22ClN3O. The average molecular weight is 296 g/mol. The second-order valence-electron chi connectivity index (χ2n) is 5.39. The van der Waals surface area contributed by atoms with Gasteiger partial charge < -0.3 is 11.1 Å². The molecule has 1 aromatic rings. The molecule has 5 heteroatoms. The zero-order chi connectivity index (χ0) is 14.5. The molecule has 1 aliphatic heterocycles. The zero-order valence-corrected chi connectivity index (χ0v) is 12.6. The number of rotatable bonds is 4. The Morgan fingerprint density at radius 1 is 1.40 bits per heavy atom. The van der Waals surface area contributed by atoms with Gasteiger partial charge in [0.15, 0.2) is 0 Å². The standard InChI is InChI=1S/C15H22ClN3O/c1-11(19-7-3-2-4-8-19)10-18-15(20)13-9-12(16)5-6-14(13)17/h5-6,9,11H,2-4,7-8,10,17H2,1H3,(H,18,20). The second-order valence-corrected chi connectivity index (χ2v) is 5.82. The highest BCUT2D eigenvalue weighted by atomic mass is 35.5. The molecule has 0 bridgehead atoms. The van der Waals surface area contributed by atoms with Gasteiger partial charge >= 0.3 is 0 Å². The minimum atomic E-state index is -0.158. The van der Waals surface area contributed by atoms with Gasteiger partial charge in [-0.3, -0.25) is 9.69 Å². The van der Waals surface area contributed by atoms with Gasteiger partial charge in [0.25, 0.3) is 5.91 Å². The molecule has 4 nitrogen and oxygen atoms in total. The van der Waals surface area contributed by atoms with E-state index in [4.69, 9.17) is 17.3 Å². The van der Waals surface area contributed by atoms with Crippen LogP contribution in [-0.4, -0.2) is 36.5 Å². The Morgan fingerprint density at radius 3 is 2.80 bits per heavy atom. The number of nitrogens with one attached hydrogen (secondary N) is 1. The summed E-state index contributed by atoms with van der Waals surface area (Å²) >= 11 is 5.90. The van der Waals surface area contributed by atoms with Crippen LogP contribution in [-0.2, 0) is 0 Å². The fraction of sp³-hybridized carbons (Fsp3) is 0.533. The smallest absolute Gasteiger partial charge is 0.253 e. The number of anilines is 1. The quantitative estimate of drug-likeness (QED) is 0.839. The Labute approximate surface area is 125 Å². The molecule has 1 unspecified atom stereocenters. The second kappa shape index (κ2) is 6.95. The summed E-state index contributed by atoms with van der Waals surface area (Å²) in [6.07, 6.45) is 3.81. The third kappa shape index (κ3) is 3.87. The van der Waals surface area contributed by atoms with Crippen molar-refractivity contribution in [1.82, 2.24) is 10.2 Å². The molecule has 110 valence electrons. The number of carbonyl (C=O) groups is 1. The van der Waals surface area contributed by atoms with E-state index in [0.29, 0.717) is 28.9 Å². The van der Waals surface area contributed by atoms with Crippen molar-refractivity contribution in [3.05, 3.63) is 28.8 Å². The summed E-state index contributed by atoms with van der Waals surface area (Å²) in [5.41, 5.74) is 6.71. The topological polar surface area (TPSA) is 58.4 Å². The summed E-state index contributed by atoms with van der Waals surface area (Å²) in [6.45, 7) is 5.02. The number of hydrogen-bond acceptors (Lipinski definition) is 3. The van der Waals surface area contributed by atoms with E-state index in [1.54, 1.807) is 18.2 Å². The summed E-state index contributed by atoms with van der Waals surface area (Å²) in [6, 6.07) is 5.30. The molecule has 1 heterocycles. The lowest BCUT2D eigenvalue weighted by Crippen LogP contribution is -2.44. The van der Waals surface area contributed by atoms with Crippen molar-refractivity contribution >= 4 is 23.2 Å². The highest BCUT2D eigenvalue weighted by Gasteiger charge is 2.18. The molecule has 0 spiro atoms. The molecule has 0 aliphatic carbocycles. The summed E-state index contributed by atoms with van der Waals surface area (Å²) in [5.74, 6) is -0.158. The van der Waals surface area contributed by atoms with E-state index in [1.807, 2.05) is 0 Å². The summed E-state index contributed by atoms with van der Waals surface area (Å²) < 4.78 is 0. The van der Waals surface area contributed by atoms with Crippen molar-refractivity contribution in [3.8, 4) is 0 Å². The van der Waals surface area contributed by atoms with Crippen LogP contribution in [0, 0.1) is 0 Å². The van der Waals surface area contributed by atoms with Crippen molar-refractivity contribution in [3.63, 3.8) is 0 Å². The molecule has 2 rings (SSSR count). The van der Waals surface area contributed by atoms with Gasteiger partial charge in [0, 0.05) is 23.3 Å². The number of benzene rings is 1. The molecule has 20 heavy (non-hydrogen) atoms. The van der Waals surface area contributed by atoms with Crippen LogP contribution in [0.2, 0.25) is 5.02 Å². The number of hydrogen-bond donors (Lipinski definition) is 2. The van der Waals surface area contributed by atoms with Gasteiger partial charge in [-0.1, -0.05) is 18.0 Å². The SMILES string of the molecule is CC(CNC(=O)c1cc(Cl)ccc1N)N1CCCCC1. The predicted octanol–water partition coefficient (Wildman–Crippen LogP) is 2.53. The molecule has 3 N–H and O–H groups in total. The molecular weight excluding hydrogens is 274 g/mol. The Hall–Kier alpha value is -1.26. The molecule has 0 radical (unpaired) electrons. The fourth-order valence-corrected chi connectivity index (χ4v) is 2.72. The molecule has 1 fully saturated rings. The third-order valence-corrected chi connectivity index (χ3v) is 4.07. The largest absolute Gasteiger partial charge is 0.398 e. The van der Waals surface area contributed by atoms with E-state index in [2.05, 4.69) is 17.1 Å². The van der Waals surface area contributed by atoms with Crippen LogP contribution in [0.5, 0.6) is 0 Å². The van der Waals surface area contributed by atoms with Crippen molar-refractivity contribution in [2.45, 2.75) is 32.2 Å². The Bertz CT molecular complexity index is 472. The van der Waals surface area contributed by atoms with E-state index in [1.165, 1.54) is 19.3 Å². The number of nitrogen functional groups attached to an aromatic ring is 1. The summed E-state index contributed by atoms with van der Waals surface area (Å²) in [7, 11) is 0. The Kier molecular flexibility index (Phi) is 5.26. The number of nitrogens with two attached hydrogens (primary N) is 1. The van der Waals surface area contributed by atoms with Gasteiger partial charge in [-0.25, -0.2) is 0 Å². The highest BCUT2D eigenvalue weighted by Crippen LogP contribution is 2.18. The van der Waals surface area contributed by atoms with Crippen LogP contribution in [0.3, 0.4) is 0 Å². The summed E-state index contributed by atoms with van der Waals surface area (Å²) in [4.78, 5) is 14.6. The molecule has 1 aromatic carbocycles. The summed E-state index contributed by atoms with van der Waals surface area (Å²) in [5, 5.41) is 3.47. The first-order valence-corrected chi connectivity index (χ1v) is 7.53. The van der Waals surface area contributed by atoms with Gasteiger partial charge in [-0.15, -0.1) is 0 Å². The molecule has 1 atom stereocenters. The van der Waals surface area contributed by atoms with Gasteiger partial charge in [0.1, 0.15) is 0 Å². The molecule has 1 aliphatic rings. The minimum Gasteiger partial charge on any atom is -0.398 e. The van der Waals surface area contributed by atoms with Gasteiger partial charge in [0.2, 0.25) is 0 Å². The minimum absolute atomic E-state index is 0.158. The van der Waals surface area contributed by atoms with Crippen LogP contribution in [0.4, 0.5) is 5.69 Å². The van der Waals surface area contributed by atoms with Crippen molar-refractivity contribution in [1.29, 1.82) is 0 Å². The number of amides is 1. The number of carbonyl (C=O) groups excluding carboxylic acids is 1. The lowest BCUT2D eigenvalue weighted by molar-refractivity contribution is 0.0931. The molecule has 0 saturated carbocycles. The van der Waals surface area contributed by atoms with Crippen LogP contribution in [0.15, 0.2) is 18.2 Å². The van der Waals surface area contributed by atoms with E-state index in [0.717, 1.165) is 13.1 Å². The Morgan fingerprint density at radius 2 is 2.10 bits per heavy atom. The number of halogens is 1. The first-order valence-electron chi connectivity index (χ1n) is 7.15. The first-order chi connectivity index (χ1) is 9.58. The van der Waals surface area contributed by atoms with Gasteiger partial charge in [-0.05, 0) is 51.1 Å². The highest BCUT2D eigenvalue weighted by molar-refractivity contribution is 6.31. The lowest BCUT2D eigenvalue weighted by Gasteiger charge is -2.32. The predicted molar refractivity (Wildman–Crippen MR) is 83.1 cm³/mol. The van der Waals surface area contributed by atoms with Crippen LogP contribution < -0.4 is 11.1 Å². The van der Waals surface area contributed by atoms with E-state index < -0.39 is 0 Å². The molecule has 1 amide bonds. The van der Waals surface area contributed by atoms with Crippen LogP contribution in [0.25, 0.3) is 0 Å². The monoisotopic (exact) mass is 295 g/mol. The number of nitrogens with zero attached hydrogens (tertiary/aromatic N) is 1. The number of likely N-dealkylation sites (tertiary alicyclic amines) is 1. The average Bonchev–Trinajstić information content (AvgIpc) is 2.47. The van der Waals surface area contributed by atoms with Crippen molar-refractivity contribution in [2.75, 3.05) is 25.4 Å². The van der Waals surface area contributed by atoms with Crippen molar-refractivity contribution < 1.29 is 4.79 Å². The maximum Gasteiger partial charge on any atom is 0.253 e. The number of piperidine rings is 1. The van der Waals surface area contributed by atoms with E-state index in [-0.39, 0.29) is 5.91 Å². The Balaban J connectivity index is 1.89.